The Balaban J connectivity index is 1.36. The number of anilines is 1. The molecule has 4 N–H and O–H groups in total. The summed E-state index contributed by atoms with van der Waals surface area (Å²) < 4.78 is 65.2. The molecule has 4 unspecified atom stereocenters. The van der Waals surface area contributed by atoms with Gasteiger partial charge in [0, 0.05) is 50.1 Å². The second kappa shape index (κ2) is 15.1. The molecule has 10 nitrogen and oxygen atoms in total. The molecule has 2 fully saturated rings. The van der Waals surface area contributed by atoms with Crippen molar-refractivity contribution in [1.29, 1.82) is 0 Å². The number of sulfone groups is 1. The second-order valence-electron chi connectivity index (χ2n) is 12.9. The first-order valence-corrected chi connectivity index (χ1v) is 18.2. The van der Waals surface area contributed by atoms with Gasteiger partial charge in [-0.25, -0.2) is 22.2 Å². The van der Waals surface area contributed by atoms with Gasteiger partial charge in [0.15, 0.2) is 0 Å². The molecule has 2 aromatic heterocycles. The summed E-state index contributed by atoms with van der Waals surface area (Å²) in [6.45, 7) is 2.75. The molecule has 2 radical (unpaired) electrons. The Labute approximate surface area is 281 Å². The quantitative estimate of drug-likeness (QED) is 0.258. The Morgan fingerprint density at radius 2 is 1.94 bits per heavy atom. The Morgan fingerprint density at radius 3 is 2.62 bits per heavy atom. The average Bonchev–Trinajstić information content (AvgIpc) is 3.03. The molecule has 4 atom stereocenters. The number of carbonyl (C=O) groups excluding carboxylic acids is 1. The number of nitrogens with two attached hydrogens (primary N) is 1. The minimum atomic E-state index is -3.18. The number of hydrogen-bond donors (Lipinski definition) is 3. The van der Waals surface area contributed by atoms with E-state index in [2.05, 4.69) is 22.2 Å². The Kier molecular flexibility index (Phi) is 11.3. The maximum Gasteiger partial charge on any atom is 0.274 e. The number of amides is 1. The van der Waals surface area contributed by atoms with Crippen LogP contribution in [0.4, 0.5) is 14.5 Å². The van der Waals surface area contributed by atoms with Gasteiger partial charge in [0.25, 0.3) is 5.91 Å². The molecule has 0 bridgehead atoms. The summed E-state index contributed by atoms with van der Waals surface area (Å²) in [5.74, 6) is -2.48. The second-order valence-corrected chi connectivity index (χ2v) is 15.1. The van der Waals surface area contributed by atoms with E-state index in [0.717, 1.165) is 30.5 Å². The predicted molar refractivity (Wildman–Crippen MR) is 179 cm³/mol. The summed E-state index contributed by atoms with van der Waals surface area (Å²) in [5.41, 5.74) is 5.74. The fourth-order valence-electron chi connectivity index (χ4n) is 6.85. The monoisotopic (exact) mass is 682 g/mol. The van der Waals surface area contributed by atoms with E-state index in [0.29, 0.717) is 31.7 Å². The van der Waals surface area contributed by atoms with Crippen molar-refractivity contribution in [2.24, 2.45) is 11.7 Å². The minimum Gasteiger partial charge on any atom is -0.385 e. The van der Waals surface area contributed by atoms with Crippen molar-refractivity contribution < 1.29 is 36.6 Å². The van der Waals surface area contributed by atoms with Crippen molar-refractivity contribution in [1.82, 2.24) is 9.97 Å². The standard InChI is InChI=1S/C34H41BF2N4O6S/c1-3-4-20-15-21(16-27(38)32(20)47-13-14-48(2,44)45)23-7-10-39-19-29(23)41-33(42)28-6-5-25(36)31(40-28)30-24(35)17-22(18-26(30)37)34(43)8-11-46-12-9-34/h5-7,10,17-21,27,32,43H,3-4,8-9,11-16,38H2,1-2H3,(H,41,42). The van der Waals surface area contributed by atoms with Gasteiger partial charge in [-0.2, -0.15) is 0 Å². The van der Waals surface area contributed by atoms with Gasteiger partial charge in [0.1, 0.15) is 40.7 Å². The van der Waals surface area contributed by atoms with E-state index in [1.54, 1.807) is 6.20 Å². The van der Waals surface area contributed by atoms with E-state index in [9.17, 15) is 18.3 Å². The van der Waals surface area contributed by atoms with Gasteiger partial charge in [0.05, 0.1) is 35.9 Å². The molecule has 3 heterocycles. The van der Waals surface area contributed by atoms with Gasteiger partial charge >= 0.3 is 0 Å². The van der Waals surface area contributed by atoms with E-state index >= 15 is 8.78 Å². The molecule has 1 aliphatic carbocycles. The first-order chi connectivity index (χ1) is 22.8. The Hall–Kier alpha value is -3.30. The number of aromatic nitrogens is 2. The van der Waals surface area contributed by atoms with Crippen LogP contribution >= 0.6 is 0 Å². The number of nitrogens with zero attached hydrogens (tertiary/aromatic N) is 2. The molecule has 0 spiro atoms. The molecule has 14 heteroatoms. The third-order valence-electron chi connectivity index (χ3n) is 9.29. The lowest BCUT2D eigenvalue weighted by molar-refractivity contribution is -0.0680. The van der Waals surface area contributed by atoms with Crippen LogP contribution in [0.2, 0.25) is 0 Å². The summed E-state index contributed by atoms with van der Waals surface area (Å²) in [7, 11) is 3.02. The van der Waals surface area contributed by atoms with Crippen LogP contribution in [0, 0.1) is 17.6 Å². The maximum atomic E-state index is 15.5. The number of pyridine rings is 2. The van der Waals surface area contributed by atoms with Gasteiger partial charge in [-0.15, -0.1) is 0 Å². The van der Waals surface area contributed by atoms with Gasteiger partial charge in [-0.05, 0) is 66.5 Å². The van der Waals surface area contributed by atoms with Crippen molar-refractivity contribution in [2.75, 3.05) is 37.1 Å². The number of hydrogen-bond acceptors (Lipinski definition) is 9. The van der Waals surface area contributed by atoms with E-state index in [1.807, 2.05) is 6.07 Å². The zero-order valence-corrected chi connectivity index (χ0v) is 27.9. The number of halogens is 2. The fourth-order valence-corrected chi connectivity index (χ4v) is 7.25. The molecule has 256 valence electrons. The number of rotatable bonds is 11. The van der Waals surface area contributed by atoms with Crippen LogP contribution in [0.25, 0.3) is 11.3 Å². The van der Waals surface area contributed by atoms with Gasteiger partial charge in [-0.1, -0.05) is 24.9 Å². The van der Waals surface area contributed by atoms with Crippen LogP contribution in [0.3, 0.4) is 0 Å². The number of carbonyl (C=O) groups is 1. The fraction of sp³-hybridized carbons (Fsp3) is 0.500. The molecule has 1 saturated carbocycles. The van der Waals surface area contributed by atoms with Crippen molar-refractivity contribution in [3.05, 3.63) is 71.2 Å². The number of aliphatic hydroxyl groups is 1. The number of ether oxygens (including phenoxy) is 2. The molecule has 48 heavy (non-hydrogen) atoms. The van der Waals surface area contributed by atoms with Gasteiger partial charge in [0.2, 0.25) is 0 Å². The van der Waals surface area contributed by atoms with Crippen LogP contribution in [-0.2, 0) is 24.9 Å². The summed E-state index contributed by atoms with van der Waals surface area (Å²) in [6.07, 6.45) is 7.49. The Morgan fingerprint density at radius 1 is 1.19 bits per heavy atom. The largest absolute Gasteiger partial charge is 0.385 e. The number of nitrogens with one attached hydrogen (secondary N) is 1. The normalized spacial score (nSPS) is 22.7. The molecule has 1 aliphatic heterocycles. The highest BCUT2D eigenvalue weighted by Gasteiger charge is 2.38. The zero-order chi connectivity index (χ0) is 34.6. The number of benzene rings is 1. The van der Waals surface area contributed by atoms with Gasteiger partial charge < -0.3 is 25.6 Å². The smallest absolute Gasteiger partial charge is 0.274 e. The average molecular weight is 683 g/mol. The summed E-state index contributed by atoms with van der Waals surface area (Å²) >= 11 is 0. The lowest BCUT2D eigenvalue weighted by atomic mass is 9.72. The van der Waals surface area contributed by atoms with Crippen LogP contribution in [0.1, 0.15) is 73.0 Å². The van der Waals surface area contributed by atoms with E-state index in [1.165, 1.54) is 24.6 Å². The van der Waals surface area contributed by atoms with Crippen molar-refractivity contribution in [2.45, 2.75) is 69.1 Å². The maximum absolute atomic E-state index is 15.5. The van der Waals surface area contributed by atoms with E-state index in [-0.39, 0.29) is 71.5 Å². The SMILES string of the molecule is [B]c1cc(C2(O)CCOCC2)cc(F)c1-c1nc(C(=O)Nc2cnccc2C2CC(N)C(OCCS(C)(=O)=O)C(CCC)C2)ccc1F. The van der Waals surface area contributed by atoms with E-state index < -0.39 is 38.7 Å². The molecule has 1 saturated heterocycles. The molecular formula is C34H41BF2N4O6S. The van der Waals surface area contributed by atoms with Crippen molar-refractivity contribution in [3.8, 4) is 11.3 Å². The van der Waals surface area contributed by atoms with Crippen LogP contribution < -0.4 is 16.5 Å². The topological polar surface area (TPSA) is 154 Å². The molecule has 3 aromatic rings. The lowest BCUT2D eigenvalue weighted by Gasteiger charge is -2.41. The highest BCUT2D eigenvalue weighted by atomic mass is 32.2. The molecular weight excluding hydrogens is 641 g/mol. The summed E-state index contributed by atoms with van der Waals surface area (Å²) in [4.78, 5) is 21.9. The first kappa shape index (κ1) is 36.0. The molecule has 1 amide bonds. The van der Waals surface area contributed by atoms with Crippen LogP contribution in [0.5, 0.6) is 0 Å². The van der Waals surface area contributed by atoms with E-state index in [4.69, 9.17) is 23.1 Å². The van der Waals surface area contributed by atoms with Crippen LogP contribution in [0.15, 0.2) is 42.7 Å². The third kappa shape index (κ3) is 8.28. The highest BCUT2D eigenvalue weighted by Crippen LogP contribution is 2.41. The Bertz CT molecular complexity index is 1720. The van der Waals surface area contributed by atoms with Crippen molar-refractivity contribution in [3.63, 3.8) is 0 Å². The molecule has 5 rings (SSSR count). The predicted octanol–water partition coefficient (Wildman–Crippen LogP) is 3.52. The molecule has 1 aromatic carbocycles. The molecule has 2 aliphatic rings. The minimum absolute atomic E-state index is 0.0562. The van der Waals surface area contributed by atoms with Gasteiger partial charge in [-0.3, -0.25) is 9.78 Å². The van der Waals surface area contributed by atoms with Crippen LogP contribution in [-0.4, -0.2) is 81.2 Å². The zero-order valence-electron chi connectivity index (χ0n) is 27.1. The summed E-state index contributed by atoms with van der Waals surface area (Å²) in [6, 6.07) is 6.20. The lowest BCUT2D eigenvalue weighted by Crippen LogP contribution is -2.47. The highest BCUT2D eigenvalue weighted by molar-refractivity contribution is 7.90. The van der Waals surface area contributed by atoms with Crippen molar-refractivity contribution >= 4 is 34.7 Å². The summed E-state index contributed by atoms with van der Waals surface area (Å²) in [5, 5.41) is 13.9. The third-order valence-corrected chi connectivity index (χ3v) is 10.2. The first-order valence-electron chi connectivity index (χ1n) is 16.2.